The first kappa shape index (κ1) is 17.8. The number of carbonyl (C=O) groups excluding carboxylic acids is 3. The van der Waals surface area contributed by atoms with Gasteiger partial charge in [0.15, 0.2) is 5.12 Å². The van der Waals surface area contributed by atoms with Gasteiger partial charge in [0.1, 0.15) is 0 Å². The molecule has 2 rings (SSSR count). The number of hydrogen-bond acceptors (Lipinski definition) is 5. The van der Waals surface area contributed by atoms with Crippen molar-refractivity contribution in [3.63, 3.8) is 0 Å². The SMILES string of the molecule is CCOC(=O)c1cc(N2CC(CSC(C)=O)CC2=O)ccc1Cl. The number of hydrogen-bond donors (Lipinski definition) is 0. The van der Waals surface area contributed by atoms with Crippen molar-refractivity contribution in [3.8, 4) is 0 Å². The van der Waals surface area contributed by atoms with Gasteiger partial charge in [-0.1, -0.05) is 23.4 Å². The smallest absolute Gasteiger partial charge is 0.339 e. The minimum absolute atomic E-state index is 0.0173. The Morgan fingerprint density at radius 3 is 2.83 bits per heavy atom. The second-order valence-corrected chi connectivity index (χ2v) is 6.87. The maximum absolute atomic E-state index is 12.2. The van der Waals surface area contributed by atoms with Crippen LogP contribution in [0.15, 0.2) is 18.2 Å². The van der Waals surface area contributed by atoms with Gasteiger partial charge >= 0.3 is 5.97 Å². The van der Waals surface area contributed by atoms with Crippen molar-refractivity contribution < 1.29 is 19.1 Å². The molecule has 0 spiro atoms. The van der Waals surface area contributed by atoms with Gasteiger partial charge in [-0.2, -0.15) is 0 Å². The molecule has 1 heterocycles. The maximum atomic E-state index is 12.2. The van der Waals surface area contributed by atoms with Crippen molar-refractivity contribution in [3.05, 3.63) is 28.8 Å². The Hall–Kier alpha value is -1.53. The first-order chi connectivity index (χ1) is 10.9. The quantitative estimate of drug-likeness (QED) is 0.759. The summed E-state index contributed by atoms with van der Waals surface area (Å²) in [5.41, 5.74) is 0.873. The second-order valence-electron chi connectivity index (χ2n) is 5.26. The van der Waals surface area contributed by atoms with Crippen molar-refractivity contribution in [2.24, 2.45) is 5.92 Å². The highest BCUT2D eigenvalue weighted by Gasteiger charge is 2.31. The molecule has 1 aromatic rings. The van der Waals surface area contributed by atoms with Crippen molar-refractivity contribution in [1.29, 1.82) is 0 Å². The van der Waals surface area contributed by atoms with Crippen LogP contribution >= 0.6 is 23.4 Å². The number of ether oxygens (including phenoxy) is 1. The van der Waals surface area contributed by atoms with E-state index in [1.807, 2.05) is 0 Å². The van der Waals surface area contributed by atoms with Gasteiger partial charge in [0, 0.05) is 31.3 Å². The van der Waals surface area contributed by atoms with Crippen molar-refractivity contribution in [1.82, 2.24) is 0 Å². The highest BCUT2D eigenvalue weighted by molar-refractivity contribution is 8.13. The molecule has 1 fully saturated rings. The van der Waals surface area contributed by atoms with Crippen LogP contribution in [-0.2, 0) is 14.3 Å². The maximum Gasteiger partial charge on any atom is 0.339 e. The van der Waals surface area contributed by atoms with Crippen LogP contribution in [0.2, 0.25) is 5.02 Å². The zero-order valence-electron chi connectivity index (χ0n) is 13.0. The van der Waals surface area contributed by atoms with E-state index in [1.165, 1.54) is 18.7 Å². The number of halogens is 1. The highest BCUT2D eigenvalue weighted by atomic mass is 35.5. The number of amides is 1. The van der Waals surface area contributed by atoms with Crippen molar-refractivity contribution in [2.45, 2.75) is 20.3 Å². The molecule has 1 amide bonds. The minimum Gasteiger partial charge on any atom is -0.462 e. The Balaban J connectivity index is 2.15. The van der Waals surface area contributed by atoms with Gasteiger partial charge in [-0.15, -0.1) is 0 Å². The molecule has 1 atom stereocenters. The third-order valence-electron chi connectivity index (χ3n) is 3.48. The lowest BCUT2D eigenvalue weighted by Crippen LogP contribution is -2.25. The number of carbonyl (C=O) groups is 3. The van der Waals surface area contributed by atoms with Gasteiger partial charge in [-0.3, -0.25) is 9.59 Å². The summed E-state index contributed by atoms with van der Waals surface area (Å²) in [5, 5.41) is 0.342. The third-order valence-corrected chi connectivity index (χ3v) is 4.86. The molecule has 0 bridgehead atoms. The Morgan fingerprint density at radius 2 is 2.17 bits per heavy atom. The van der Waals surface area contributed by atoms with E-state index >= 15 is 0 Å². The van der Waals surface area contributed by atoms with E-state index in [9.17, 15) is 14.4 Å². The van der Waals surface area contributed by atoms with Gasteiger partial charge in [-0.25, -0.2) is 4.79 Å². The van der Waals surface area contributed by atoms with Crippen LogP contribution in [0.3, 0.4) is 0 Å². The molecule has 1 saturated heterocycles. The summed E-state index contributed by atoms with van der Waals surface area (Å²) >= 11 is 7.27. The van der Waals surface area contributed by atoms with E-state index in [4.69, 9.17) is 16.3 Å². The molecular weight excluding hydrogens is 338 g/mol. The topological polar surface area (TPSA) is 63.7 Å². The molecule has 0 radical (unpaired) electrons. The highest BCUT2D eigenvalue weighted by Crippen LogP contribution is 2.30. The number of anilines is 1. The average Bonchev–Trinajstić information content (AvgIpc) is 2.87. The molecular formula is C16H18ClNO4S. The predicted molar refractivity (Wildman–Crippen MR) is 91.0 cm³/mol. The van der Waals surface area contributed by atoms with Gasteiger partial charge < -0.3 is 9.64 Å². The lowest BCUT2D eigenvalue weighted by atomic mass is 10.1. The lowest BCUT2D eigenvalue weighted by Gasteiger charge is -2.18. The molecule has 0 aromatic heterocycles. The van der Waals surface area contributed by atoms with Crippen LogP contribution in [0.25, 0.3) is 0 Å². The van der Waals surface area contributed by atoms with Crippen LogP contribution in [0.4, 0.5) is 5.69 Å². The predicted octanol–water partition coefficient (Wildman–Crippen LogP) is 3.15. The van der Waals surface area contributed by atoms with Crippen LogP contribution < -0.4 is 4.90 Å². The van der Waals surface area contributed by atoms with E-state index in [-0.39, 0.29) is 29.1 Å². The molecule has 5 nitrogen and oxygen atoms in total. The van der Waals surface area contributed by atoms with E-state index in [0.29, 0.717) is 29.4 Å². The first-order valence-corrected chi connectivity index (χ1v) is 8.69. The summed E-state index contributed by atoms with van der Waals surface area (Å²) in [5.74, 6) is 0.222. The number of esters is 1. The zero-order valence-corrected chi connectivity index (χ0v) is 14.6. The van der Waals surface area contributed by atoms with Gasteiger partial charge in [0.05, 0.1) is 17.2 Å². The summed E-state index contributed by atoms with van der Waals surface area (Å²) in [4.78, 5) is 36.8. The normalized spacial score (nSPS) is 17.4. The molecule has 0 aliphatic carbocycles. The number of benzene rings is 1. The molecule has 1 aromatic carbocycles. The van der Waals surface area contributed by atoms with E-state index in [1.54, 1.807) is 30.0 Å². The zero-order chi connectivity index (χ0) is 17.0. The fourth-order valence-corrected chi connectivity index (χ4v) is 3.31. The van der Waals surface area contributed by atoms with Gasteiger partial charge in [-0.05, 0) is 31.0 Å². The minimum atomic E-state index is -0.505. The molecule has 124 valence electrons. The molecule has 1 aliphatic rings. The van der Waals surface area contributed by atoms with E-state index in [0.717, 1.165) is 0 Å². The standard InChI is InChI=1S/C16H18ClNO4S/c1-3-22-16(21)13-7-12(4-5-14(13)17)18-8-11(6-15(18)20)9-23-10(2)19/h4-5,7,11H,3,6,8-9H2,1-2H3. The lowest BCUT2D eigenvalue weighted by molar-refractivity contribution is -0.117. The fraction of sp³-hybridized carbons (Fsp3) is 0.438. The van der Waals surface area contributed by atoms with E-state index < -0.39 is 5.97 Å². The van der Waals surface area contributed by atoms with Crippen LogP contribution in [0.5, 0.6) is 0 Å². The van der Waals surface area contributed by atoms with Crippen molar-refractivity contribution >= 4 is 46.0 Å². The largest absolute Gasteiger partial charge is 0.462 e. The molecule has 1 unspecified atom stereocenters. The number of rotatable bonds is 5. The molecule has 1 aliphatic heterocycles. The van der Waals surface area contributed by atoms with Crippen LogP contribution in [-0.4, -0.2) is 35.9 Å². The molecule has 0 saturated carbocycles. The van der Waals surface area contributed by atoms with Crippen LogP contribution in [0.1, 0.15) is 30.6 Å². The number of nitrogens with zero attached hydrogens (tertiary/aromatic N) is 1. The van der Waals surface area contributed by atoms with E-state index in [2.05, 4.69) is 0 Å². The molecule has 23 heavy (non-hydrogen) atoms. The number of thioether (sulfide) groups is 1. The first-order valence-electron chi connectivity index (χ1n) is 7.32. The van der Waals surface area contributed by atoms with Crippen LogP contribution in [0, 0.1) is 5.92 Å². The Kier molecular flexibility index (Phi) is 6.07. The molecule has 7 heteroatoms. The summed E-state index contributed by atoms with van der Waals surface area (Å²) in [6.45, 7) is 4.02. The summed E-state index contributed by atoms with van der Waals surface area (Å²) < 4.78 is 4.97. The monoisotopic (exact) mass is 355 g/mol. The second kappa shape index (κ2) is 7.84. The Morgan fingerprint density at radius 1 is 1.43 bits per heavy atom. The summed E-state index contributed by atoms with van der Waals surface area (Å²) in [6.07, 6.45) is 0.400. The Labute approximate surface area is 144 Å². The third kappa shape index (κ3) is 4.48. The summed E-state index contributed by atoms with van der Waals surface area (Å²) in [7, 11) is 0. The Bertz CT molecular complexity index is 635. The van der Waals surface area contributed by atoms with Gasteiger partial charge in [0.25, 0.3) is 0 Å². The fourth-order valence-electron chi connectivity index (χ4n) is 2.42. The van der Waals surface area contributed by atoms with Crippen molar-refractivity contribution in [2.75, 3.05) is 23.8 Å². The average molecular weight is 356 g/mol. The van der Waals surface area contributed by atoms with Gasteiger partial charge in [0.2, 0.25) is 5.91 Å². The summed E-state index contributed by atoms with van der Waals surface area (Å²) in [6, 6.07) is 4.89. The molecule has 0 N–H and O–H groups in total.